The van der Waals surface area contributed by atoms with Gasteiger partial charge in [-0.15, -0.1) is 0 Å². The molecule has 2 fully saturated rings. The molecule has 3 rings (SSSR count). The zero-order valence-electron chi connectivity index (χ0n) is 26.9. The Morgan fingerprint density at radius 1 is 0.923 bits per heavy atom. The number of allylic oxidation sites excluding steroid dienone is 9. The minimum Gasteiger partial charge on any atom is -0.351 e. The van der Waals surface area contributed by atoms with Gasteiger partial charge in [0.2, 0.25) is 0 Å². The average Bonchev–Trinajstić information content (AvgIpc) is 2.84. The molecule has 0 radical (unpaired) electrons. The molecule has 6 atom stereocenters. The molecule has 3 nitrogen and oxygen atoms in total. The molecule has 1 saturated heterocycles. The molecule has 3 heteroatoms. The number of Topliss-reactive ketones (excluding diaryl/α,β-unsaturated/α-hetero) is 1. The fourth-order valence-corrected chi connectivity index (χ4v) is 7.91. The molecule has 0 aromatic carbocycles. The van der Waals surface area contributed by atoms with E-state index < -0.39 is 5.41 Å². The monoisotopic (exact) mass is 536 g/mol. The maximum Gasteiger partial charge on any atom is 0.170 e. The van der Waals surface area contributed by atoms with Crippen LogP contribution in [0.15, 0.2) is 58.2 Å². The first-order valence-electron chi connectivity index (χ1n) is 15.2. The molecule has 2 aliphatic carbocycles. The highest BCUT2D eigenvalue weighted by molar-refractivity contribution is 6.03. The van der Waals surface area contributed by atoms with Crippen LogP contribution in [0.2, 0.25) is 0 Å². The normalized spacial score (nSPS) is 33.6. The molecule has 0 amide bonds. The van der Waals surface area contributed by atoms with E-state index in [0.29, 0.717) is 12.3 Å². The van der Waals surface area contributed by atoms with E-state index >= 15 is 4.79 Å². The van der Waals surface area contributed by atoms with Gasteiger partial charge in [0.1, 0.15) is 6.79 Å². The highest BCUT2D eigenvalue weighted by Crippen LogP contribution is 2.71. The van der Waals surface area contributed by atoms with E-state index in [-0.39, 0.29) is 41.5 Å². The second-order valence-corrected chi connectivity index (χ2v) is 14.2. The largest absolute Gasteiger partial charge is 0.351 e. The van der Waals surface area contributed by atoms with Gasteiger partial charge in [-0.25, -0.2) is 0 Å². The van der Waals surface area contributed by atoms with E-state index in [4.69, 9.17) is 9.47 Å². The minimum absolute atomic E-state index is 0.184. The van der Waals surface area contributed by atoms with Crippen LogP contribution in [0.1, 0.15) is 115 Å². The molecule has 218 valence electrons. The van der Waals surface area contributed by atoms with Gasteiger partial charge in [0, 0.05) is 5.41 Å². The Kier molecular flexibility index (Phi) is 10.1. The highest BCUT2D eigenvalue weighted by atomic mass is 16.7. The van der Waals surface area contributed by atoms with E-state index in [9.17, 15) is 0 Å². The first-order valence-corrected chi connectivity index (χ1v) is 15.2. The molecule has 1 heterocycles. The Balaban J connectivity index is 2.40. The van der Waals surface area contributed by atoms with Crippen molar-refractivity contribution in [3.63, 3.8) is 0 Å². The lowest BCUT2D eigenvalue weighted by Gasteiger charge is -2.70. The number of rotatable bonds is 10. The maximum atomic E-state index is 15.2. The van der Waals surface area contributed by atoms with Crippen LogP contribution >= 0.6 is 0 Å². The summed E-state index contributed by atoms with van der Waals surface area (Å²) in [4.78, 5) is 15.2. The second kappa shape index (κ2) is 12.4. The smallest absolute Gasteiger partial charge is 0.170 e. The second-order valence-electron chi connectivity index (χ2n) is 14.2. The summed E-state index contributed by atoms with van der Waals surface area (Å²) < 4.78 is 13.3. The van der Waals surface area contributed by atoms with Crippen molar-refractivity contribution >= 4 is 5.78 Å². The van der Waals surface area contributed by atoms with Crippen LogP contribution in [0.4, 0.5) is 0 Å². The van der Waals surface area contributed by atoms with Crippen molar-refractivity contribution in [2.75, 3.05) is 6.79 Å². The van der Waals surface area contributed by atoms with Crippen molar-refractivity contribution in [2.45, 2.75) is 127 Å². The van der Waals surface area contributed by atoms with Crippen molar-refractivity contribution in [1.82, 2.24) is 0 Å². The predicted molar refractivity (Wildman–Crippen MR) is 164 cm³/mol. The summed E-state index contributed by atoms with van der Waals surface area (Å²) in [6.45, 7) is 24.5. The molecular weight excluding hydrogens is 480 g/mol. The van der Waals surface area contributed by atoms with E-state index in [1.807, 2.05) is 0 Å². The molecule has 39 heavy (non-hydrogen) atoms. The number of ketones is 1. The van der Waals surface area contributed by atoms with Crippen LogP contribution in [0, 0.1) is 28.1 Å². The molecule has 1 saturated carbocycles. The third-order valence-corrected chi connectivity index (χ3v) is 9.72. The lowest BCUT2D eigenvalue weighted by Crippen LogP contribution is -2.75. The van der Waals surface area contributed by atoms with Crippen molar-refractivity contribution in [1.29, 1.82) is 0 Å². The zero-order chi connectivity index (χ0) is 29.2. The van der Waals surface area contributed by atoms with Crippen molar-refractivity contribution in [3.05, 3.63) is 58.2 Å². The van der Waals surface area contributed by atoms with Gasteiger partial charge < -0.3 is 9.47 Å². The molecular formula is C36H56O3. The Morgan fingerprint density at radius 2 is 1.54 bits per heavy atom. The summed E-state index contributed by atoms with van der Waals surface area (Å²) in [7, 11) is 0. The molecule has 0 spiro atoms. The first kappa shape index (κ1) is 31.8. The van der Waals surface area contributed by atoms with E-state index in [1.54, 1.807) is 0 Å². The number of hydrogen-bond acceptors (Lipinski definition) is 3. The van der Waals surface area contributed by atoms with Crippen molar-refractivity contribution in [2.24, 2.45) is 28.1 Å². The molecule has 3 aliphatic rings. The standard InChI is InChI=1S/C36H56O3/c1-24(2)13-12-19-34(11)30(17-15-26(5)6)22-35(20-18-27(7)8)21-29(16-14-25(3)4)31(37)36(34)32(28(9)10)38-23-39-33(35)36/h13-15,18,21,28,30,32-33H,12,16-17,19-20,22-23H2,1-11H3/t30-,32+,33+,34+,35-,36+/m0/s1. The van der Waals surface area contributed by atoms with Crippen LogP contribution in [0.5, 0.6) is 0 Å². The van der Waals surface area contributed by atoms with Crippen LogP contribution in [-0.4, -0.2) is 24.8 Å². The summed E-state index contributed by atoms with van der Waals surface area (Å²) >= 11 is 0. The van der Waals surface area contributed by atoms with Crippen molar-refractivity contribution < 1.29 is 14.3 Å². The quantitative estimate of drug-likeness (QED) is 0.261. The number of ether oxygens (including phenoxy) is 2. The SMILES string of the molecule is CC(C)=CCC[C@]1(C)[C@@H](CC=C(C)C)C[C@]2(CC=C(C)C)C=C(CC=C(C)C)C(=O)[C@]13[C@@H](C(C)C)OCO[C@H]23. The zero-order valence-corrected chi connectivity index (χ0v) is 26.9. The lowest BCUT2D eigenvalue weighted by molar-refractivity contribution is -0.327. The van der Waals surface area contributed by atoms with Gasteiger partial charge in [0.05, 0.1) is 17.6 Å². The Bertz CT molecular complexity index is 1050. The highest BCUT2D eigenvalue weighted by Gasteiger charge is 2.75. The fraction of sp³-hybridized carbons (Fsp3) is 0.694. The summed E-state index contributed by atoms with van der Waals surface area (Å²) in [5.74, 6) is 0.823. The Hall–Kier alpha value is -1.71. The average molecular weight is 537 g/mol. The lowest BCUT2D eigenvalue weighted by atomic mass is 9.37. The molecule has 0 aromatic rings. The van der Waals surface area contributed by atoms with Gasteiger partial charge in [0.25, 0.3) is 0 Å². The van der Waals surface area contributed by atoms with Gasteiger partial charge in [-0.3, -0.25) is 4.79 Å². The van der Waals surface area contributed by atoms with Gasteiger partial charge >= 0.3 is 0 Å². The minimum atomic E-state index is -0.734. The van der Waals surface area contributed by atoms with Gasteiger partial charge in [-0.1, -0.05) is 73.4 Å². The summed E-state index contributed by atoms with van der Waals surface area (Å²) in [5.41, 5.74) is 4.95. The number of carbonyl (C=O) groups excluding carboxylic acids is 1. The summed E-state index contributed by atoms with van der Waals surface area (Å²) in [6, 6.07) is 0. The Morgan fingerprint density at radius 3 is 2.10 bits per heavy atom. The van der Waals surface area contributed by atoms with E-state index in [1.165, 1.54) is 22.3 Å². The molecule has 0 N–H and O–H groups in total. The maximum absolute atomic E-state index is 15.2. The predicted octanol–water partition coefficient (Wildman–Crippen LogP) is 9.71. The molecule has 0 unspecified atom stereocenters. The third-order valence-electron chi connectivity index (χ3n) is 9.72. The number of hydrogen-bond donors (Lipinski definition) is 0. The fourth-order valence-electron chi connectivity index (χ4n) is 7.91. The van der Waals surface area contributed by atoms with Crippen LogP contribution in [0.3, 0.4) is 0 Å². The summed E-state index contributed by atoms with van der Waals surface area (Å²) in [6.07, 6.45) is 16.8. The van der Waals surface area contributed by atoms with E-state index in [0.717, 1.165) is 37.7 Å². The Labute approximate surface area is 239 Å². The van der Waals surface area contributed by atoms with E-state index in [2.05, 4.69) is 107 Å². The van der Waals surface area contributed by atoms with Gasteiger partial charge in [0.15, 0.2) is 5.78 Å². The van der Waals surface area contributed by atoms with Gasteiger partial charge in [-0.2, -0.15) is 0 Å². The topological polar surface area (TPSA) is 35.5 Å². The third kappa shape index (κ3) is 6.01. The van der Waals surface area contributed by atoms with Crippen LogP contribution in [-0.2, 0) is 14.3 Å². The molecule has 1 aliphatic heterocycles. The molecule has 0 aromatic heterocycles. The van der Waals surface area contributed by atoms with Gasteiger partial charge in [-0.05, 0) is 117 Å². The molecule has 2 bridgehead atoms. The first-order chi connectivity index (χ1) is 18.2. The summed E-state index contributed by atoms with van der Waals surface area (Å²) in [5, 5.41) is 0. The van der Waals surface area contributed by atoms with Crippen LogP contribution in [0.25, 0.3) is 0 Å². The van der Waals surface area contributed by atoms with Crippen LogP contribution < -0.4 is 0 Å². The number of carbonyl (C=O) groups is 1. The van der Waals surface area contributed by atoms with Crippen molar-refractivity contribution in [3.8, 4) is 0 Å².